The van der Waals surface area contributed by atoms with Gasteiger partial charge in [0.1, 0.15) is 6.10 Å². The second kappa shape index (κ2) is 16.7. The predicted octanol–water partition coefficient (Wildman–Crippen LogP) is 4.91. The number of rotatable bonds is 14. The molecule has 4 saturated carbocycles. The summed E-state index contributed by atoms with van der Waals surface area (Å²) in [6.45, 7) is 5.77. The summed E-state index contributed by atoms with van der Waals surface area (Å²) in [5, 5.41) is 28.7. The van der Waals surface area contributed by atoms with Crippen LogP contribution < -0.4 is 0 Å². The van der Waals surface area contributed by atoms with E-state index in [0.29, 0.717) is 45.5 Å². The molecule has 0 heterocycles. The quantitative estimate of drug-likeness (QED) is 0.137. The van der Waals surface area contributed by atoms with E-state index in [-0.39, 0.29) is 48.1 Å². The largest absolute Gasteiger partial charge is 0.481 e. The molecule has 44 heavy (non-hydrogen) atoms. The topological polar surface area (TPSA) is 158 Å². The van der Waals surface area contributed by atoms with Crippen molar-refractivity contribution >= 4 is 17.9 Å². The molecule has 4 fully saturated rings. The minimum Gasteiger partial charge on any atom is -0.481 e. The monoisotopic (exact) mass is 626 g/mol. The molecule has 0 spiro atoms. The molecule has 4 aliphatic rings. The molecule has 0 amide bonds. The molecule has 0 saturated heterocycles. The zero-order chi connectivity index (χ0) is 31.7. The number of hydrogen-bond acceptors (Lipinski definition) is 9. The lowest BCUT2D eigenvalue weighted by Crippen LogP contribution is -2.40. The first-order valence-electron chi connectivity index (χ1n) is 16.9. The highest BCUT2D eigenvalue weighted by Crippen LogP contribution is 2.34. The van der Waals surface area contributed by atoms with Crippen molar-refractivity contribution in [2.45, 2.75) is 141 Å². The SMILES string of the molecule is CC(C)(COC1CCC(OOCC2CCCCC2C(=O)O)CC1)COC1CCC(OC(=O)C2CCC(O)CC2C(=O)O)CC1. The number of esters is 1. The second-order valence-electron chi connectivity index (χ2n) is 14.4. The number of ether oxygens (including phenoxy) is 3. The van der Waals surface area contributed by atoms with E-state index in [0.717, 1.165) is 64.2 Å². The first-order chi connectivity index (χ1) is 21.0. The lowest BCUT2D eigenvalue weighted by Gasteiger charge is -2.35. The van der Waals surface area contributed by atoms with Crippen LogP contribution in [-0.2, 0) is 38.4 Å². The molecule has 4 rings (SSSR count). The van der Waals surface area contributed by atoms with Gasteiger partial charge in [-0.1, -0.05) is 26.7 Å². The van der Waals surface area contributed by atoms with Gasteiger partial charge in [0.15, 0.2) is 0 Å². The van der Waals surface area contributed by atoms with Crippen LogP contribution in [0.2, 0.25) is 0 Å². The smallest absolute Gasteiger partial charge is 0.310 e. The highest BCUT2D eigenvalue weighted by Gasteiger charge is 2.41. The van der Waals surface area contributed by atoms with Crippen molar-refractivity contribution < 1.29 is 53.7 Å². The molecule has 5 atom stereocenters. The van der Waals surface area contributed by atoms with Crippen LogP contribution in [0.1, 0.15) is 110 Å². The second-order valence-corrected chi connectivity index (χ2v) is 14.4. The van der Waals surface area contributed by atoms with Crippen LogP contribution in [0.4, 0.5) is 0 Å². The number of carboxylic acid groups (broad SMARTS) is 2. The molecule has 0 bridgehead atoms. The Labute approximate surface area is 261 Å². The maximum atomic E-state index is 12.7. The predicted molar refractivity (Wildman–Crippen MR) is 158 cm³/mol. The number of aliphatic carboxylic acids is 2. The summed E-state index contributed by atoms with van der Waals surface area (Å²) >= 11 is 0. The molecule has 0 aromatic carbocycles. The van der Waals surface area contributed by atoms with Gasteiger partial charge in [0.05, 0.1) is 62.0 Å². The molecule has 5 unspecified atom stereocenters. The molecule has 0 aromatic heterocycles. The van der Waals surface area contributed by atoms with Gasteiger partial charge >= 0.3 is 17.9 Å². The highest BCUT2D eigenvalue weighted by molar-refractivity contribution is 5.81. The molecule has 4 aliphatic carbocycles. The molecule has 0 radical (unpaired) electrons. The molecule has 252 valence electrons. The van der Waals surface area contributed by atoms with E-state index in [1.54, 1.807) is 0 Å². The molecule has 0 aromatic rings. The Morgan fingerprint density at radius 3 is 1.80 bits per heavy atom. The summed E-state index contributed by atoms with van der Waals surface area (Å²) < 4.78 is 18.2. The Morgan fingerprint density at radius 1 is 0.659 bits per heavy atom. The van der Waals surface area contributed by atoms with Gasteiger partial charge in [0.2, 0.25) is 0 Å². The summed E-state index contributed by atoms with van der Waals surface area (Å²) in [5.41, 5.74) is -0.155. The van der Waals surface area contributed by atoms with Crippen molar-refractivity contribution in [2.75, 3.05) is 19.8 Å². The molecule has 3 N–H and O–H groups in total. The van der Waals surface area contributed by atoms with Crippen molar-refractivity contribution in [3.63, 3.8) is 0 Å². The minimum atomic E-state index is -1.05. The lowest BCUT2D eigenvalue weighted by atomic mass is 9.78. The van der Waals surface area contributed by atoms with E-state index < -0.39 is 35.8 Å². The van der Waals surface area contributed by atoms with Crippen LogP contribution >= 0.6 is 0 Å². The number of carbonyl (C=O) groups is 3. The molecular formula is C33H54O11. The third-order valence-electron chi connectivity index (χ3n) is 10.1. The van der Waals surface area contributed by atoms with E-state index in [1.807, 2.05) is 0 Å². The van der Waals surface area contributed by atoms with Gasteiger partial charge in [-0.3, -0.25) is 14.4 Å². The first-order valence-corrected chi connectivity index (χ1v) is 16.9. The Morgan fingerprint density at radius 2 is 1.20 bits per heavy atom. The maximum Gasteiger partial charge on any atom is 0.310 e. The van der Waals surface area contributed by atoms with Crippen molar-refractivity contribution in [1.82, 2.24) is 0 Å². The van der Waals surface area contributed by atoms with Crippen LogP contribution in [0.15, 0.2) is 0 Å². The molecule has 11 heteroatoms. The van der Waals surface area contributed by atoms with Crippen molar-refractivity contribution in [3.8, 4) is 0 Å². The third-order valence-corrected chi connectivity index (χ3v) is 10.1. The number of carboxylic acids is 2. The number of aliphatic hydroxyl groups is 1. The van der Waals surface area contributed by atoms with Crippen molar-refractivity contribution in [1.29, 1.82) is 0 Å². The Hall–Kier alpha value is -1.79. The molecular weight excluding hydrogens is 572 g/mol. The Balaban J connectivity index is 1.06. The number of carbonyl (C=O) groups excluding carboxylic acids is 1. The fourth-order valence-electron chi connectivity index (χ4n) is 7.25. The van der Waals surface area contributed by atoms with Crippen molar-refractivity contribution in [3.05, 3.63) is 0 Å². The van der Waals surface area contributed by atoms with Gasteiger partial charge in [-0.05, 0) is 89.4 Å². The van der Waals surface area contributed by atoms with Crippen molar-refractivity contribution in [2.24, 2.45) is 29.1 Å². The van der Waals surface area contributed by atoms with Crippen LogP contribution in [-0.4, -0.2) is 83.6 Å². The zero-order valence-corrected chi connectivity index (χ0v) is 26.5. The van der Waals surface area contributed by atoms with Crippen LogP contribution in [0.25, 0.3) is 0 Å². The third kappa shape index (κ3) is 10.6. The summed E-state index contributed by atoms with van der Waals surface area (Å²) in [7, 11) is 0. The van der Waals surface area contributed by atoms with Crippen LogP contribution in [0, 0.1) is 29.1 Å². The van der Waals surface area contributed by atoms with E-state index in [9.17, 15) is 29.7 Å². The van der Waals surface area contributed by atoms with Gasteiger partial charge in [0.25, 0.3) is 0 Å². The average Bonchev–Trinajstić information content (AvgIpc) is 3.00. The Kier molecular flexibility index (Phi) is 13.3. The minimum absolute atomic E-state index is 0.0154. The normalized spacial score (nSPS) is 35.1. The van der Waals surface area contributed by atoms with Gasteiger partial charge in [0, 0.05) is 5.41 Å². The van der Waals surface area contributed by atoms with E-state index in [4.69, 9.17) is 24.0 Å². The number of hydrogen-bond donors (Lipinski definition) is 3. The zero-order valence-electron chi connectivity index (χ0n) is 26.5. The fraction of sp³-hybridized carbons (Fsp3) is 0.909. The van der Waals surface area contributed by atoms with Crippen LogP contribution in [0.3, 0.4) is 0 Å². The van der Waals surface area contributed by atoms with Gasteiger partial charge in [-0.25, -0.2) is 9.78 Å². The first kappa shape index (κ1) is 35.1. The standard InChI is InChI=1S/C33H54O11/c1-33(2,20-41-24-10-14-26(15-11-24)44-42-18-21-5-3-4-6-27(21)30(35)36)19-40-23-8-12-25(13-9-23)43-32(39)28-16-7-22(34)17-29(28)31(37)38/h21-29,34H,3-20H2,1-2H3,(H,35,36)(H,37,38). The van der Waals surface area contributed by atoms with Gasteiger partial charge in [-0.15, -0.1) is 0 Å². The van der Waals surface area contributed by atoms with Gasteiger partial charge in [-0.2, -0.15) is 0 Å². The fourth-order valence-corrected chi connectivity index (χ4v) is 7.25. The Bertz CT molecular complexity index is 923. The number of aliphatic hydroxyl groups excluding tert-OH is 1. The summed E-state index contributed by atoms with van der Waals surface area (Å²) in [6, 6.07) is 0. The summed E-state index contributed by atoms with van der Waals surface area (Å²) in [5.74, 6) is -4.12. The van der Waals surface area contributed by atoms with Gasteiger partial charge < -0.3 is 29.5 Å². The maximum absolute atomic E-state index is 12.7. The average molecular weight is 627 g/mol. The van der Waals surface area contributed by atoms with E-state index in [1.165, 1.54) is 0 Å². The summed E-state index contributed by atoms with van der Waals surface area (Å²) in [4.78, 5) is 47.0. The van der Waals surface area contributed by atoms with Crippen LogP contribution in [0.5, 0.6) is 0 Å². The van der Waals surface area contributed by atoms with E-state index in [2.05, 4.69) is 13.8 Å². The lowest BCUT2D eigenvalue weighted by molar-refractivity contribution is -0.338. The summed E-state index contributed by atoms with van der Waals surface area (Å²) in [6.07, 6.45) is 10.3. The van der Waals surface area contributed by atoms with E-state index >= 15 is 0 Å². The molecule has 11 nitrogen and oxygen atoms in total. The highest BCUT2D eigenvalue weighted by atomic mass is 17.2. The molecule has 0 aliphatic heterocycles.